The lowest BCUT2D eigenvalue weighted by atomic mass is 9.76. The van der Waals surface area contributed by atoms with Crippen molar-refractivity contribution in [3.05, 3.63) is 137 Å². The number of carbonyl (C=O) groups is 1. The highest BCUT2D eigenvalue weighted by atomic mass is 16.5. The number of benzene rings is 4. The van der Waals surface area contributed by atoms with E-state index in [2.05, 4.69) is 41.7 Å². The van der Waals surface area contributed by atoms with E-state index in [1.165, 1.54) is 16.7 Å². The summed E-state index contributed by atoms with van der Waals surface area (Å²) in [6, 6.07) is 36.7. The van der Waals surface area contributed by atoms with Crippen molar-refractivity contribution >= 4 is 5.91 Å². The van der Waals surface area contributed by atoms with Crippen LogP contribution in [-0.4, -0.2) is 13.0 Å². The number of ether oxygens (including phenoxy) is 1. The first-order chi connectivity index (χ1) is 16.7. The molecule has 0 aromatic heterocycles. The van der Waals surface area contributed by atoms with E-state index < -0.39 is 0 Å². The van der Waals surface area contributed by atoms with Gasteiger partial charge in [0.25, 0.3) is 0 Å². The fourth-order valence-electron chi connectivity index (χ4n) is 5.18. The smallest absolute Gasteiger partial charge is 0.232 e. The molecule has 0 aliphatic heterocycles. The number of methoxy groups -OCH3 is 1. The van der Waals surface area contributed by atoms with Gasteiger partial charge in [-0.1, -0.05) is 97.1 Å². The lowest BCUT2D eigenvalue weighted by Gasteiger charge is -2.36. The van der Waals surface area contributed by atoms with Crippen LogP contribution in [0.25, 0.3) is 0 Å². The predicted molar refractivity (Wildman–Crippen MR) is 136 cm³/mol. The molecule has 34 heavy (non-hydrogen) atoms. The molecule has 0 saturated carbocycles. The maximum Gasteiger partial charge on any atom is 0.232 e. The van der Waals surface area contributed by atoms with Crippen molar-refractivity contribution < 1.29 is 9.53 Å². The molecule has 0 saturated heterocycles. The van der Waals surface area contributed by atoms with Crippen LogP contribution in [0, 0.1) is 0 Å². The first-order valence-corrected chi connectivity index (χ1v) is 11.9. The molecule has 0 heterocycles. The van der Waals surface area contributed by atoms with Gasteiger partial charge in [0.1, 0.15) is 5.75 Å². The highest BCUT2D eigenvalue weighted by Crippen LogP contribution is 2.42. The molecule has 1 amide bonds. The zero-order valence-electron chi connectivity index (χ0n) is 19.4. The molecule has 5 rings (SSSR count). The van der Waals surface area contributed by atoms with Gasteiger partial charge in [0, 0.05) is 5.92 Å². The Bertz CT molecular complexity index is 1200. The number of nitrogens with one attached hydrogen (secondary N) is 1. The van der Waals surface area contributed by atoms with Crippen LogP contribution in [0.1, 0.15) is 52.1 Å². The molecule has 0 unspecified atom stereocenters. The number of hydrogen-bond acceptors (Lipinski definition) is 2. The number of hydrogen-bond donors (Lipinski definition) is 1. The zero-order valence-corrected chi connectivity index (χ0v) is 19.4. The van der Waals surface area contributed by atoms with Crippen LogP contribution in [0.15, 0.2) is 109 Å². The predicted octanol–water partition coefficient (Wildman–Crippen LogP) is 6.41. The molecule has 0 spiro atoms. The molecular weight excluding hydrogens is 418 g/mol. The lowest BCUT2D eigenvalue weighted by molar-refractivity contribution is -0.122. The van der Waals surface area contributed by atoms with Gasteiger partial charge in [0.05, 0.1) is 19.1 Å². The molecule has 170 valence electrons. The molecular formula is C31H29NO2. The van der Waals surface area contributed by atoms with Crippen molar-refractivity contribution in [2.45, 2.75) is 30.7 Å². The standard InChI is InChI=1S/C31H29NO2/c1-34-26-18-20-28-25(21-26)17-19-27(22-11-5-2-6-12-22)30(28)32-31(33)29(23-13-7-3-8-14-23)24-15-9-4-10-16-24/h2-16,18,20-21,27,29-30H,17,19H2,1H3,(H,32,33)/t27-,30+/m0/s1. The average Bonchev–Trinajstić information content (AvgIpc) is 2.90. The third kappa shape index (κ3) is 4.47. The van der Waals surface area contributed by atoms with Crippen LogP contribution in [-0.2, 0) is 11.2 Å². The maximum absolute atomic E-state index is 14.0. The SMILES string of the molecule is COc1ccc2c(c1)CC[C@@H](c1ccccc1)[C@H]2NC(=O)C(c1ccccc1)c1ccccc1. The van der Waals surface area contributed by atoms with E-state index in [4.69, 9.17) is 4.74 Å². The summed E-state index contributed by atoms with van der Waals surface area (Å²) in [7, 11) is 1.70. The highest BCUT2D eigenvalue weighted by molar-refractivity contribution is 5.87. The quantitative estimate of drug-likeness (QED) is 0.371. The van der Waals surface area contributed by atoms with Gasteiger partial charge < -0.3 is 10.1 Å². The zero-order chi connectivity index (χ0) is 23.3. The molecule has 4 aromatic carbocycles. The number of rotatable bonds is 6. The fourth-order valence-corrected chi connectivity index (χ4v) is 5.18. The van der Waals surface area contributed by atoms with Gasteiger partial charge in [-0.3, -0.25) is 4.79 Å². The summed E-state index contributed by atoms with van der Waals surface area (Å²) in [5, 5.41) is 3.48. The van der Waals surface area contributed by atoms with Crippen molar-refractivity contribution in [1.82, 2.24) is 5.32 Å². The number of carbonyl (C=O) groups excluding carboxylic acids is 1. The summed E-state index contributed by atoms with van der Waals surface area (Å²) in [4.78, 5) is 14.0. The van der Waals surface area contributed by atoms with Gasteiger partial charge in [-0.15, -0.1) is 0 Å². The first kappa shape index (κ1) is 22.0. The molecule has 3 heteroatoms. The van der Waals surface area contributed by atoms with Gasteiger partial charge in [0.2, 0.25) is 5.91 Å². The lowest BCUT2D eigenvalue weighted by Crippen LogP contribution is -2.38. The first-order valence-electron chi connectivity index (χ1n) is 11.9. The van der Waals surface area contributed by atoms with Gasteiger partial charge in [-0.2, -0.15) is 0 Å². The molecule has 0 fully saturated rings. The summed E-state index contributed by atoms with van der Waals surface area (Å²) >= 11 is 0. The van der Waals surface area contributed by atoms with E-state index in [0.29, 0.717) is 0 Å². The van der Waals surface area contributed by atoms with Gasteiger partial charge in [0.15, 0.2) is 0 Å². The third-order valence-corrected chi connectivity index (χ3v) is 6.87. The van der Waals surface area contributed by atoms with E-state index in [-0.39, 0.29) is 23.8 Å². The minimum Gasteiger partial charge on any atom is -0.497 e. The van der Waals surface area contributed by atoms with Crippen LogP contribution >= 0.6 is 0 Å². The minimum atomic E-state index is -0.373. The van der Waals surface area contributed by atoms with Crippen molar-refractivity contribution in [3.8, 4) is 5.75 Å². The Morgan fingerprint density at radius 2 is 1.41 bits per heavy atom. The van der Waals surface area contributed by atoms with Crippen LogP contribution in [0.4, 0.5) is 0 Å². The second-order valence-electron chi connectivity index (χ2n) is 8.86. The van der Waals surface area contributed by atoms with Crippen LogP contribution in [0.5, 0.6) is 5.75 Å². The summed E-state index contributed by atoms with van der Waals surface area (Å²) < 4.78 is 5.47. The molecule has 1 N–H and O–H groups in total. The van der Waals surface area contributed by atoms with E-state index in [9.17, 15) is 4.79 Å². The van der Waals surface area contributed by atoms with Crippen molar-refractivity contribution in [2.24, 2.45) is 0 Å². The van der Waals surface area contributed by atoms with Crippen LogP contribution in [0.3, 0.4) is 0 Å². The second kappa shape index (κ2) is 9.96. The summed E-state index contributed by atoms with van der Waals surface area (Å²) in [5.41, 5.74) is 5.66. The summed E-state index contributed by atoms with van der Waals surface area (Å²) in [6.45, 7) is 0. The number of amides is 1. The molecule has 2 atom stereocenters. The Kier molecular flexibility index (Phi) is 6.44. The highest BCUT2D eigenvalue weighted by Gasteiger charge is 2.34. The Morgan fingerprint density at radius 3 is 2.00 bits per heavy atom. The Labute approximate surface area is 201 Å². The van der Waals surface area contributed by atoms with Crippen LogP contribution < -0.4 is 10.1 Å². The minimum absolute atomic E-state index is 0.0204. The second-order valence-corrected chi connectivity index (χ2v) is 8.86. The van der Waals surface area contributed by atoms with Crippen molar-refractivity contribution in [3.63, 3.8) is 0 Å². The van der Waals surface area contributed by atoms with Crippen molar-refractivity contribution in [1.29, 1.82) is 0 Å². The maximum atomic E-state index is 14.0. The largest absolute Gasteiger partial charge is 0.497 e. The Balaban J connectivity index is 1.54. The van der Waals surface area contributed by atoms with E-state index >= 15 is 0 Å². The van der Waals surface area contributed by atoms with Gasteiger partial charge in [-0.25, -0.2) is 0 Å². The van der Waals surface area contributed by atoms with Gasteiger partial charge >= 0.3 is 0 Å². The molecule has 1 aliphatic rings. The van der Waals surface area contributed by atoms with E-state index in [1.807, 2.05) is 72.8 Å². The fraction of sp³-hybridized carbons (Fsp3) is 0.194. The van der Waals surface area contributed by atoms with Crippen molar-refractivity contribution in [2.75, 3.05) is 7.11 Å². The summed E-state index contributed by atoms with van der Waals surface area (Å²) in [5.74, 6) is 0.709. The molecule has 1 aliphatic carbocycles. The third-order valence-electron chi connectivity index (χ3n) is 6.87. The normalized spacial score (nSPS) is 17.1. The topological polar surface area (TPSA) is 38.3 Å². The van der Waals surface area contributed by atoms with Crippen LogP contribution in [0.2, 0.25) is 0 Å². The summed E-state index contributed by atoms with van der Waals surface area (Å²) in [6.07, 6.45) is 1.93. The van der Waals surface area contributed by atoms with E-state index in [1.54, 1.807) is 7.11 Å². The molecule has 4 aromatic rings. The van der Waals surface area contributed by atoms with Gasteiger partial charge in [-0.05, 0) is 52.8 Å². The Morgan fingerprint density at radius 1 is 0.824 bits per heavy atom. The number of aryl methyl sites for hydroxylation is 1. The number of fused-ring (bicyclic) bond motifs is 1. The molecule has 3 nitrogen and oxygen atoms in total. The monoisotopic (exact) mass is 447 g/mol. The van der Waals surface area contributed by atoms with E-state index in [0.717, 1.165) is 29.7 Å². The Hall–Kier alpha value is -3.85. The average molecular weight is 448 g/mol. The molecule has 0 bridgehead atoms. The molecule has 0 radical (unpaired) electrons.